The van der Waals surface area contributed by atoms with Crippen molar-refractivity contribution >= 4 is 27.5 Å². The fourth-order valence-corrected chi connectivity index (χ4v) is 3.05. The second-order valence-corrected chi connectivity index (χ2v) is 5.88. The number of hydrogen-bond donors (Lipinski definition) is 4. The van der Waals surface area contributed by atoms with Crippen LogP contribution in [-0.2, 0) is 70.2 Å². The van der Waals surface area contributed by atoms with Gasteiger partial charge in [0.15, 0.2) is 0 Å². The Labute approximate surface area is 225 Å². The molecule has 0 saturated heterocycles. The second kappa shape index (κ2) is 13.8. The predicted molar refractivity (Wildman–Crippen MR) is 112 cm³/mol. The Bertz CT molecular complexity index is 1030. The van der Waals surface area contributed by atoms with Gasteiger partial charge in [0, 0.05) is 90.6 Å². The monoisotopic (exact) mass is 556 g/mol. The minimum absolute atomic E-state index is 0. The van der Waals surface area contributed by atoms with Crippen molar-refractivity contribution in [3.63, 3.8) is 0 Å². The van der Waals surface area contributed by atoms with Crippen LogP contribution in [0.5, 0.6) is 11.5 Å². The number of benzene rings is 4. The molecular weight excluding hydrogens is 534 g/mol. The molecule has 2 radical (unpaired) electrons. The van der Waals surface area contributed by atoms with Gasteiger partial charge in [-0.05, 0) is 33.7 Å². The van der Waals surface area contributed by atoms with Crippen molar-refractivity contribution in [1.82, 2.24) is 0 Å². The van der Waals surface area contributed by atoms with Crippen LogP contribution in [0.2, 0.25) is 0 Å². The fourth-order valence-electron chi connectivity index (χ4n) is 3.05. The molecule has 0 aliphatic rings. The summed E-state index contributed by atoms with van der Waals surface area (Å²) >= 11 is 0. The maximum absolute atomic E-state index is 10.4. The Morgan fingerprint density at radius 2 is 0.933 bits per heavy atom. The molecule has 4 N–H and O–H groups in total. The smallest absolute Gasteiger partial charge is 0.300 e. The van der Waals surface area contributed by atoms with E-state index in [1.54, 1.807) is 12.1 Å². The third kappa shape index (κ3) is 6.83. The molecule has 0 atom stereocenters. The van der Waals surface area contributed by atoms with E-state index < -0.39 is 5.97 Å². The standard InChI is InChI=1S/C20H14O2.C2H4O2.CH4O.2Y/c21-17-11-9-13-5-1-3-7-15(13)19(17)20-16-8-4-2-6-14(16)10-12-18(20)22;1-2(3)4;1-2;;/h1-12,21-22H;1H3,(H,3,4);2H,1H3;;. The molecule has 0 aromatic heterocycles. The van der Waals surface area contributed by atoms with Crippen molar-refractivity contribution in [3.05, 3.63) is 72.8 Å². The van der Waals surface area contributed by atoms with E-state index in [4.69, 9.17) is 15.0 Å². The van der Waals surface area contributed by atoms with E-state index in [0.29, 0.717) is 11.1 Å². The van der Waals surface area contributed by atoms with Crippen molar-refractivity contribution in [2.45, 2.75) is 6.92 Å². The van der Waals surface area contributed by atoms with Crippen LogP contribution in [0.15, 0.2) is 72.8 Å². The first-order valence-electron chi connectivity index (χ1n) is 8.55. The number of phenols is 2. The minimum atomic E-state index is -0.833. The summed E-state index contributed by atoms with van der Waals surface area (Å²) in [5.41, 5.74) is 1.35. The average molecular weight is 556 g/mol. The summed E-state index contributed by atoms with van der Waals surface area (Å²) in [5.74, 6) is -0.490. The number of hydrogen-bond acceptors (Lipinski definition) is 4. The molecule has 0 spiro atoms. The van der Waals surface area contributed by atoms with E-state index in [9.17, 15) is 10.2 Å². The number of aromatic hydroxyl groups is 2. The Morgan fingerprint density at radius 3 is 1.27 bits per heavy atom. The van der Waals surface area contributed by atoms with Crippen LogP contribution in [0.1, 0.15) is 6.92 Å². The van der Waals surface area contributed by atoms with Gasteiger partial charge in [0.25, 0.3) is 5.97 Å². The first-order chi connectivity index (χ1) is 13.5. The number of aliphatic hydroxyl groups is 1. The number of aliphatic hydroxyl groups excluding tert-OH is 1. The van der Waals surface area contributed by atoms with Gasteiger partial charge in [-0.3, -0.25) is 4.79 Å². The number of carbonyl (C=O) groups is 1. The zero-order valence-corrected chi connectivity index (χ0v) is 22.5. The summed E-state index contributed by atoms with van der Waals surface area (Å²) in [6, 6.07) is 22.9. The quantitative estimate of drug-likeness (QED) is 0.271. The SMILES string of the molecule is CC(=O)O.CO.Oc1ccc2ccccc2c1-c1c(O)ccc2ccccc12.[Y].[Y]. The van der Waals surface area contributed by atoms with Gasteiger partial charge >= 0.3 is 0 Å². The van der Waals surface area contributed by atoms with Crippen LogP contribution in [0.25, 0.3) is 32.7 Å². The predicted octanol–water partition coefficient (Wildman–Crippen LogP) is 4.77. The van der Waals surface area contributed by atoms with Crippen LogP contribution in [0.4, 0.5) is 0 Å². The molecule has 30 heavy (non-hydrogen) atoms. The Morgan fingerprint density at radius 1 is 0.633 bits per heavy atom. The van der Waals surface area contributed by atoms with Crippen molar-refractivity contribution < 1.29 is 90.6 Å². The third-order valence-electron chi connectivity index (χ3n) is 4.06. The molecule has 4 rings (SSSR count). The number of carboxylic acid groups (broad SMARTS) is 1. The van der Waals surface area contributed by atoms with E-state index >= 15 is 0 Å². The Hall–Kier alpha value is -1.36. The van der Waals surface area contributed by atoms with Crippen molar-refractivity contribution in [2.75, 3.05) is 7.11 Å². The van der Waals surface area contributed by atoms with E-state index in [1.807, 2.05) is 60.7 Å². The molecule has 0 bridgehead atoms. The van der Waals surface area contributed by atoms with Gasteiger partial charge in [0.1, 0.15) is 11.5 Å². The van der Waals surface area contributed by atoms with Crippen LogP contribution >= 0.6 is 0 Å². The van der Waals surface area contributed by atoms with Gasteiger partial charge in [-0.25, -0.2) is 0 Å². The summed E-state index contributed by atoms with van der Waals surface area (Å²) in [4.78, 5) is 9.00. The van der Waals surface area contributed by atoms with Crippen molar-refractivity contribution in [3.8, 4) is 22.6 Å². The fraction of sp³-hybridized carbons (Fsp3) is 0.0870. The van der Waals surface area contributed by atoms with Gasteiger partial charge in [0.05, 0.1) is 0 Å². The normalized spacial score (nSPS) is 9.17. The number of carboxylic acids is 1. The number of aliphatic carboxylic acids is 1. The summed E-state index contributed by atoms with van der Waals surface area (Å²) in [7, 11) is 1.00. The number of phenolic OH excluding ortho intramolecular Hbond substituents is 2. The van der Waals surface area contributed by atoms with Gasteiger partial charge in [-0.15, -0.1) is 0 Å². The zero-order valence-electron chi connectivity index (χ0n) is 16.8. The largest absolute Gasteiger partial charge is 0.507 e. The topological polar surface area (TPSA) is 98.0 Å². The first kappa shape index (κ1) is 28.6. The maximum Gasteiger partial charge on any atom is 0.300 e. The summed E-state index contributed by atoms with van der Waals surface area (Å²) in [6.45, 7) is 1.08. The van der Waals surface area contributed by atoms with Crippen molar-refractivity contribution in [1.29, 1.82) is 0 Å². The number of rotatable bonds is 1. The molecule has 0 unspecified atom stereocenters. The van der Waals surface area contributed by atoms with Gasteiger partial charge in [0.2, 0.25) is 0 Å². The molecule has 0 heterocycles. The van der Waals surface area contributed by atoms with Gasteiger partial charge in [-0.1, -0.05) is 60.7 Å². The van der Waals surface area contributed by atoms with Crippen LogP contribution in [0, 0.1) is 0 Å². The Balaban J connectivity index is 0.000000950. The first-order valence-corrected chi connectivity index (χ1v) is 8.55. The Kier molecular flexibility index (Phi) is 13.2. The molecule has 4 aromatic rings. The number of fused-ring (bicyclic) bond motifs is 2. The molecule has 7 heteroatoms. The molecule has 4 aromatic carbocycles. The molecule has 0 aliphatic heterocycles. The molecule has 0 fully saturated rings. The van der Waals surface area contributed by atoms with Gasteiger partial charge < -0.3 is 20.4 Å². The van der Waals surface area contributed by atoms with E-state index in [2.05, 4.69) is 0 Å². The zero-order chi connectivity index (χ0) is 20.7. The summed E-state index contributed by atoms with van der Waals surface area (Å²) < 4.78 is 0. The van der Waals surface area contributed by atoms with E-state index in [1.165, 1.54) is 0 Å². The molecule has 5 nitrogen and oxygen atoms in total. The summed E-state index contributed by atoms with van der Waals surface area (Å²) in [6.07, 6.45) is 0. The van der Waals surface area contributed by atoms with E-state index in [0.717, 1.165) is 35.6 Å². The van der Waals surface area contributed by atoms with Crippen molar-refractivity contribution in [2.24, 2.45) is 0 Å². The van der Waals surface area contributed by atoms with Crippen LogP contribution in [-0.4, -0.2) is 33.5 Å². The average Bonchev–Trinajstić information content (AvgIpc) is 2.70. The molecule has 150 valence electrons. The second-order valence-electron chi connectivity index (χ2n) is 5.88. The van der Waals surface area contributed by atoms with Gasteiger partial charge in [-0.2, -0.15) is 0 Å². The molecular formula is C23H22O5Y2. The molecule has 0 saturated carbocycles. The maximum atomic E-state index is 10.4. The summed E-state index contributed by atoms with van der Waals surface area (Å²) in [5, 5.41) is 39.2. The van der Waals surface area contributed by atoms with E-state index in [-0.39, 0.29) is 76.9 Å². The molecule has 0 aliphatic carbocycles. The van der Waals surface area contributed by atoms with Crippen LogP contribution in [0.3, 0.4) is 0 Å². The van der Waals surface area contributed by atoms with Crippen LogP contribution < -0.4 is 0 Å². The molecule has 0 amide bonds. The third-order valence-corrected chi connectivity index (χ3v) is 4.06. The minimum Gasteiger partial charge on any atom is -0.507 e.